The molecule has 0 atom stereocenters. The standard InChI is InChI=1S/C10H8O4/c1-13-10-7-4-6(5-11)14-9(7)3-2-8(10)12/h2-5,12H,1H3. The summed E-state index contributed by atoms with van der Waals surface area (Å²) in [6.45, 7) is 0. The van der Waals surface area contributed by atoms with Gasteiger partial charge in [0, 0.05) is 0 Å². The van der Waals surface area contributed by atoms with E-state index in [1.807, 2.05) is 0 Å². The van der Waals surface area contributed by atoms with Crippen LogP contribution in [-0.4, -0.2) is 18.5 Å². The second kappa shape index (κ2) is 3.06. The first-order valence-corrected chi connectivity index (χ1v) is 4.01. The van der Waals surface area contributed by atoms with Crippen molar-refractivity contribution < 1.29 is 19.1 Å². The molecule has 0 spiro atoms. The highest BCUT2D eigenvalue weighted by atomic mass is 16.5. The van der Waals surface area contributed by atoms with Crippen LogP contribution in [0.4, 0.5) is 0 Å². The quantitative estimate of drug-likeness (QED) is 0.739. The Hall–Kier alpha value is -1.97. The predicted molar refractivity (Wildman–Crippen MR) is 49.8 cm³/mol. The fourth-order valence-corrected chi connectivity index (χ4v) is 1.37. The van der Waals surface area contributed by atoms with Crippen LogP contribution < -0.4 is 4.74 Å². The molecular weight excluding hydrogens is 184 g/mol. The molecule has 1 N–H and O–H groups in total. The Balaban J connectivity index is 2.79. The maximum atomic E-state index is 10.5. The van der Waals surface area contributed by atoms with Gasteiger partial charge in [0.15, 0.2) is 23.5 Å². The summed E-state index contributed by atoms with van der Waals surface area (Å²) in [7, 11) is 1.45. The number of carbonyl (C=O) groups excluding carboxylic acids is 1. The van der Waals surface area contributed by atoms with E-state index in [1.165, 1.54) is 19.2 Å². The van der Waals surface area contributed by atoms with E-state index in [9.17, 15) is 9.90 Å². The van der Waals surface area contributed by atoms with E-state index in [0.29, 0.717) is 23.0 Å². The average molecular weight is 192 g/mol. The Morgan fingerprint density at radius 3 is 2.93 bits per heavy atom. The van der Waals surface area contributed by atoms with Crippen molar-refractivity contribution in [2.75, 3.05) is 7.11 Å². The fourth-order valence-electron chi connectivity index (χ4n) is 1.37. The van der Waals surface area contributed by atoms with E-state index in [1.54, 1.807) is 6.07 Å². The smallest absolute Gasteiger partial charge is 0.185 e. The van der Waals surface area contributed by atoms with Crippen molar-refractivity contribution in [3.63, 3.8) is 0 Å². The van der Waals surface area contributed by atoms with Gasteiger partial charge >= 0.3 is 0 Å². The lowest BCUT2D eigenvalue weighted by molar-refractivity contribution is 0.110. The van der Waals surface area contributed by atoms with Gasteiger partial charge in [-0.2, -0.15) is 0 Å². The Morgan fingerprint density at radius 1 is 1.50 bits per heavy atom. The van der Waals surface area contributed by atoms with Crippen LogP contribution in [0.1, 0.15) is 10.6 Å². The summed E-state index contributed by atoms with van der Waals surface area (Å²) < 4.78 is 10.1. The monoisotopic (exact) mass is 192 g/mol. The molecule has 2 aromatic rings. The van der Waals surface area contributed by atoms with Crippen LogP contribution in [0.15, 0.2) is 22.6 Å². The first-order chi connectivity index (χ1) is 6.76. The van der Waals surface area contributed by atoms with Gasteiger partial charge in [-0.05, 0) is 18.2 Å². The first-order valence-electron chi connectivity index (χ1n) is 4.01. The summed E-state index contributed by atoms with van der Waals surface area (Å²) in [4.78, 5) is 10.5. The predicted octanol–water partition coefficient (Wildman–Crippen LogP) is 1.96. The molecule has 4 heteroatoms. The highest BCUT2D eigenvalue weighted by Crippen LogP contribution is 2.35. The SMILES string of the molecule is COc1c(O)ccc2oc(C=O)cc12. The number of aldehydes is 1. The van der Waals surface area contributed by atoms with E-state index >= 15 is 0 Å². The topological polar surface area (TPSA) is 59.7 Å². The van der Waals surface area contributed by atoms with Gasteiger partial charge < -0.3 is 14.3 Å². The molecule has 1 heterocycles. The molecule has 0 unspecified atom stereocenters. The molecule has 2 rings (SSSR count). The molecule has 0 saturated carbocycles. The van der Waals surface area contributed by atoms with Crippen LogP contribution in [0.5, 0.6) is 11.5 Å². The van der Waals surface area contributed by atoms with Crippen LogP contribution >= 0.6 is 0 Å². The molecule has 0 amide bonds. The highest BCUT2D eigenvalue weighted by molar-refractivity contribution is 5.91. The second-order valence-electron chi connectivity index (χ2n) is 2.80. The summed E-state index contributed by atoms with van der Waals surface area (Å²) in [6, 6.07) is 4.57. The van der Waals surface area contributed by atoms with Crippen LogP contribution in [-0.2, 0) is 0 Å². The third-order valence-electron chi connectivity index (χ3n) is 1.97. The molecular formula is C10H8O4. The number of hydrogen-bond acceptors (Lipinski definition) is 4. The zero-order valence-electron chi connectivity index (χ0n) is 7.48. The van der Waals surface area contributed by atoms with Crippen molar-refractivity contribution in [2.24, 2.45) is 0 Å². The van der Waals surface area contributed by atoms with Gasteiger partial charge in [-0.3, -0.25) is 4.79 Å². The van der Waals surface area contributed by atoms with E-state index in [0.717, 1.165) is 0 Å². The Kier molecular flexibility index (Phi) is 1.89. The van der Waals surface area contributed by atoms with E-state index in [2.05, 4.69) is 0 Å². The third kappa shape index (κ3) is 1.12. The molecule has 0 saturated heterocycles. The summed E-state index contributed by atoms with van der Waals surface area (Å²) >= 11 is 0. The van der Waals surface area contributed by atoms with Crippen LogP contribution in [0, 0.1) is 0 Å². The number of aromatic hydroxyl groups is 1. The zero-order chi connectivity index (χ0) is 10.1. The van der Waals surface area contributed by atoms with Crippen molar-refractivity contribution >= 4 is 17.3 Å². The number of carbonyl (C=O) groups is 1. The number of ether oxygens (including phenoxy) is 1. The second-order valence-corrected chi connectivity index (χ2v) is 2.80. The average Bonchev–Trinajstić information content (AvgIpc) is 2.60. The van der Waals surface area contributed by atoms with Gasteiger partial charge in [-0.15, -0.1) is 0 Å². The minimum atomic E-state index is 0.0262. The van der Waals surface area contributed by atoms with Crippen LogP contribution in [0.3, 0.4) is 0 Å². The van der Waals surface area contributed by atoms with Gasteiger partial charge in [0.2, 0.25) is 0 Å². The van der Waals surface area contributed by atoms with Crippen molar-refractivity contribution in [1.82, 2.24) is 0 Å². The number of benzene rings is 1. The molecule has 14 heavy (non-hydrogen) atoms. The minimum absolute atomic E-state index is 0.0262. The van der Waals surface area contributed by atoms with Crippen LogP contribution in [0.25, 0.3) is 11.0 Å². The fraction of sp³-hybridized carbons (Fsp3) is 0.100. The summed E-state index contributed by atoms with van der Waals surface area (Å²) in [5.74, 6) is 0.557. The highest BCUT2D eigenvalue weighted by Gasteiger charge is 2.11. The molecule has 0 fully saturated rings. The van der Waals surface area contributed by atoms with Gasteiger partial charge in [0.25, 0.3) is 0 Å². The maximum Gasteiger partial charge on any atom is 0.185 e. The Labute approximate surface area is 79.7 Å². The number of phenolic OH excluding ortho intramolecular Hbond substituents is 1. The number of phenols is 1. The lowest BCUT2D eigenvalue weighted by atomic mass is 10.2. The van der Waals surface area contributed by atoms with Crippen molar-refractivity contribution in [3.8, 4) is 11.5 Å². The van der Waals surface area contributed by atoms with E-state index in [4.69, 9.17) is 9.15 Å². The zero-order valence-corrected chi connectivity index (χ0v) is 7.48. The molecule has 0 aliphatic rings. The number of rotatable bonds is 2. The van der Waals surface area contributed by atoms with Gasteiger partial charge in [0.05, 0.1) is 12.5 Å². The number of methoxy groups -OCH3 is 1. The number of hydrogen-bond donors (Lipinski definition) is 1. The molecule has 0 radical (unpaired) electrons. The maximum absolute atomic E-state index is 10.5. The summed E-state index contributed by atoms with van der Waals surface area (Å²) in [6.07, 6.45) is 0.608. The van der Waals surface area contributed by atoms with Crippen molar-refractivity contribution in [1.29, 1.82) is 0 Å². The Bertz CT molecular complexity index is 484. The lowest BCUT2D eigenvalue weighted by Gasteiger charge is -2.02. The van der Waals surface area contributed by atoms with Gasteiger partial charge in [0.1, 0.15) is 5.58 Å². The van der Waals surface area contributed by atoms with E-state index in [-0.39, 0.29) is 11.5 Å². The van der Waals surface area contributed by atoms with Crippen molar-refractivity contribution in [2.45, 2.75) is 0 Å². The van der Waals surface area contributed by atoms with Gasteiger partial charge in [-0.25, -0.2) is 0 Å². The summed E-state index contributed by atoms with van der Waals surface area (Å²) in [5, 5.41) is 10.0. The van der Waals surface area contributed by atoms with E-state index < -0.39 is 0 Å². The molecule has 1 aromatic carbocycles. The van der Waals surface area contributed by atoms with Crippen LogP contribution in [0.2, 0.25) is 0 Å². The third-order valence-corrected chi connectivity index (χ3v) is 1.97. The molecule has 72 valence electrons. The first kappa shape index (κ1) is 8.62. The number of fused-ring (bicyclic) bond motifs is 1. The molecule has 0 bridgehead atoms. The molecule has 0 aliphatic heterocycles. The van der Waals surface area contributed by atoms with Gasteiger partial charge in [-0.1, -0.05) is 0 Å². The lowest BCUT2D eigenvalue weighted by Crippen LogP contribution is -1.83. The molecule has 4 nitrogen and oxygen atoms in total. The minimum Gasteiger partial charge on any atom is -0.504 e. The molecule has 1 aromatic heterocycles. The normalized spacial score (nSPS) is 10.4. The number of furan rings is 1. The summed E-state index contributed by atoms with van der Waals surface area (Å²) in [5.41, 5.74) is 0.516. The Morgan fingerprint density at radius 2 is 2.29 bits per heavy atom. The van der Waals surface area contributed by atoms with Crippen molar-refractivity contribution in [3.05, 3.63) is 24.0 Å². The molecule has 0 aliphatic carbocycles. The largest absolute Gasteiger partial charge is 0.504 e.